The van der Waals surface area contributed by atoms with E-state index in [1.54, 1.807) is 35.2 Å². The topological polar surface area (TPSA) is 97.0 Å². The van der Waals surface area contributed by atoms with Crippen LogP contribution in [0.3, 0.4) is 0 Å². The van der Waals surface area contributed by atoms with Gasteiger partial charge in [0, 0.05) is 12.1 Å². The fourth-order valence-corrected chi connectivity index (χ4v) is 2.97. The van der Waals surface area contributed by atoms with Crippen LogP contribution in [0.5, 0.6) is 5.75 Å². The van der Waals surface area contributed by atoms with Gasteiger partial charge in [0.15, 0.2) is 0 Å². The van der Waals surface area contributed by atoms with Crippen molar-refractivity contribution in [2.24, 2.45) is 0 Å². The number of amides is 3. The summed E-state index contributed by atoms with van der Waals surface area (Å²) in [4.78, 5) is 37.9. The van der Waals surface area contributed by atoms with E-state index in [1.807, 2.05) is 0 Å². The monoisotopic (exact) mass is 429 g/mol. The fourth-order valence-electron chi connectivity index (χ4n) is 2.97. The zero-order chi connectivity index (χ0) is 22.1. The lowest BCUT2D eigenvalue weighted by Crippen LogP contribution is -2.51. The Morgan fingerprint density at radius 1 is 1.03 bits per heavy atom. The first kappa shape index (κ1) is 22.2. The number of morpholine rings is 1. The van der Waals surface area contributed by atoms with Crippen LogP contribution in [0.4, 0.5) is 4.39 Å². The maximum Gasteiger partial charge on any atom is 0.251 e. The van der Waals surface area contributed by atoms with Crippen molar-refractivity contribution in [3.05, 3.63) is 66.0 Å². The van der Waals surface area contributed by atoms with E-state index in [2.05, 4.69) is 10.6 Å². The zero-order valence-corrected chi connectivity index (χ0v) is 16.9. The summed E-state index contributed by atoms with van der Waals surface area (Å²) in [6.07, 6.45) is -0.330. The average molecular weight is 429 g/mol. The van der Waals surface area contributed by atoms with E-state index >= 15 is 0 Å². The van der Waals surface area contributed by atoms with E-state index in [4.69, 9.17) is 9.47 Å². The van der Waals surface area contributed by atoms with Gasteiger partial charge in [-0.3, -0.25) is 14.4 Å². The standard InChI is InChI=1S/C22H24FN3O5/c23-17-6-8-18(9-7-17)31-15-19-14-26(10-11-30-19)21(28)13-24-20(27)12-25-22(29)16-4-2-1-3-5-16/h1-9,19H,10-15H2,(H,24,27)(H,25,29)/t19-/m1/s1. The average Bonchev–Trinajstić information content (AvgIpc) is 2.81. The van der Waals surface area contributed by atoms with Gasteiger partial charge in [-0.15, -0.1) is 0 Å². The Kier molecular flexibility index (Phi) is 7.94. The second-order valence-corrected chi connectivity index (χ2v) is 6.92. The molecule has 3 amide bonds. The van der Waals surface area contributed by atoms with Gasteiger partial charge in [-0.25, -0.2) is 4.39 Å². The quantitative estimate of drug-likeness (QED) is 0.652. The molecule has 164 valence electrons. The Balaban J connectivity index is 1.36. The first-order valence-electron chi connectivity index (χ1n) is 9.89. The number of hydrogen-bond donors (Lipinski definition) is 2. The Bertz CT molecular complexity index is 892. The molecule has 8 nitrogen and oxygen atoms in total. The van der Waals surface area contributed by atoms with Gasteiger partial charge >= 0.3 is 0 Å². The van der Waals surface area contributed by atoms with E-state index in [0.29, 0.717) is 31.0 Å². The van der Waals surface area contributed by atoms with E-state index in [9.17, 15) is 18.8 Å². The van der Waals surface area contributed by atoms with Crippen molar-refractivity contribution < 1.29 is 28.2 Å². The summed E-state index contributed by atoms with van der Waals surface area (Å²) in [5.41, 5.74) is 0.452. The molecule has 0 radical (unpaired) electrons. The highest BCUT2D eigenvalue weighted by Gasteiger charge is 2.25. The van der Waals surface area contributed by atoms with Crippen molar-refractivity contribution in [2.45, 2.75) is 6.10 Å². The van der Waals surface area contributed by atoms with Crippen molar-refractivity contribution in [3.8, 4) is 5.75 Å². The number of carbonyl (C=O) groups excluding carboxylic acids is 3. The molecule has 0 unspecified atom stereocenters. The molecular weight excluding hydrogens is 405 g/mol. The molecule has 1 saturated heterocycles. The van der Waals surface area contributed by atoms with Gasteiger partial charge in [-0.05, 0) is 36.4 Å². The minimum Gasteiger partial charge on any atom is -0.491 e. The Labute approximate surface area is 179 Å². The molecule has 0 aromatic heterocycles. The number of rotatable bonds is 8. The molecule has 9 heteroatoms. The molecule has 2 aromatic carbocycles. The third kappa shape index (κ3) is 7.07. The lowest BCUT2D eigenvalue weighted by molar-refractivity contribution is -0.140. The smallest absolute Gasteiger partial charge is 0.251 e. The third-order valence-corrected chi connectivity index (χ3v) is 4.62. The highest BCUT2D eigenvalue weighted by molar-refractivity contribution is 5.96. The first-order chi connectivity index (χ1) is 15.0. The summed E-state index contributed by atoms with van der Waals surface area (Å²) in [6, 6.07) is 14.2. The van der Waals surface area contributed by atoms with Gasteiger partial charge in [0.2, 0.25) is 11.8 Å². The molecule has 0 spiro atoms. The second kappa shape index (κ2) is 11.1. The van der Waals surface area contributed by atoms with Crippen LogP contribution >= 0.6 is 0 Å². The minimum atomic E-state index is -0.456. The van der Waals surface area contributed by atoms with Crippen LogP contribution < -0.4 is 15.4 Å². The van der Waals surface area contributed by atoms with Gasteiger partial charge in [0.1, 0.15) is 24.3 Å². The Morgan fingerprint density at radius 2 is 1.77 bits per heavy atom. The first-order valence-corrected chi connectivity index (χ1v) is 9.89. The van der Waals surface area contributed by atoms with Gasteiger partial charge in [0.05, 0.1) is 26.2 Å². The normalized spacial score (nSPS) is 15.8. The molecule has 1 heterocycles. The number of halogens is 1. The number of nitrogens with zero attached hydrogens (tertiary/aromatic N) is 1. The van der Waals surface area contributed by atoms with E-state index in [-0.39, 0.29) is 43.4 Å². The van der Waals surface area contributed by atoms with E-state index < -0.39 is 5.91 Å². The van der Waals surface area contributed by atoms with Crippen molar-refractivity contribution in [3.63, 3.8) is 0 Å². The Morgan fingerprint density at radius 3 is 2.52 bits per heavy atom. The molecule has 0 saturated carbocycles. The summed E-state index contributed by atoms with van der Waals surface area (Å²) in [5, 5.41) is 5.02. The van der Waals surface area contributed by atoms with Gasteiger partial charge < -0.3 is 25.0 Å². The summed E-state index contributed by atoms with van der Waals surface area (Å²) >= 11 is 0. The molecule has 1 aliphatic heterocycles. The van der Waals surface area contributed by atoms with Gasteiger partial charge in [-0.2, -0.15) is 0 Å². The molecule has 2 aromatic rings. The molecule has 1 fully saturated rings. The lowest BCUT2D eigenvalue weighted by atomic mass is 10.2. The van der Waals surface area contributed by atoms with Crippen LogP contribution in [-0.2, 0) is 14.3 Å². The fraction of sp³-hybridized carbons (Fsp3) is 0.318. The summed E-state index contributed by atoms with van der Waals surface area (Å²) in [7, 11) is 0. The van der Waals surface area contributed by atoms with Crippen LogP contribution in [0.15, 0.2) is 54.6 Å². The zero-order valence-electron chi connectivity index (χ0n) is 16.9. The van der Waals surface area contributed by atoms with Crippen molar-refractivity contribution in [1.29, 1.82) is 0 Å². The number of hydrogen-bond acceptors (Lipinski definition) is 5. The largest absolute Gasteiger partial charge is 0.491 e. The minimum absolute atomic E-state index is 0.175. The lowest BCUT2D eigenvalue weighted by Gasteiger charge is -2.32. The van der Waals surface area contributed by atoms with Crippen LogP contribution in [-0.4, -0.2) is 68.1 Å². The van der Waals surface area contributed by atoms with Crippen LogP contribution in [0.2, 0.25) is 0 Å². The Hall–Kier alpha value is -3.46. The number of ether oxygens (including phenoxy) is 2. The molecule has 1 atom stereocenters. The van der Waals surface area contributed by atoms with Crippen LogP contribution in [0.1, 0.15) is 10.4 Å². The molecule has 0 bridgehead atoms. The number of carbonyl (C=O) groups is 3. The van der Waals surface area contributed by atoms with Crippen LogP contribution in [0.25, 0.3) is 0 Å². The highest BCUT2D eigenvalue weighted by Crippen LogP contribution is 2.13. The number of nitrogens with one attached hydrogen (secondary N) is 2. The molecule has 1 aliphatic rings. The second-order valence-electron chi connectivity index (χ2n) is 6.92. The summed E-state index contributed by atoms with van der Waals surface area (Å²) in [5.74, 6) is -0.905. The molecule has 2 N–H and O–H groups in total. The van der Waals surface area contributed by atoms with Gasteiger partial charge in [0.25, 0.3) is 5.91 Å². The molecule has 3 rings (SSSR count). The van der Waals surface area contributed by atoms with Crippen molar-refractivity contribution >= 4 is 17.7 Å². The predicted octanol–water partition coefficient (Wildman–Crippen LogP) is 0.978. The molecule has 0 aliphatic carbocycles. The van der Waals surface area contributed by atoms with Gasteiger partial charge in [-0.1, -0.05) is 18.2 Å². The summed E-state index contributed by atoms with van der Waals surface area (Å²) < 4.78 is 24.1. The SMILES string of the molecule is O=C(CNC(=O)c1ccccc1)NCC(=O)N1CCO[C@@H](COc2ccc(F)cc2)C1. The summed E-state index contributed by atoms with van der Waals surface area (Å²) in [6.45, 7) is 0.897. The maximum atomic E-state index is 12.9. The van der Waals surface area contributed by atoms with E-state index in [0.717, 1.165) is 0 Å². The molecular formula is C22H24FN3O5. The maximum absolute atomic E-state index is 12.9. The third-order valence-electron chi connectivity index (χ3n) is 4.62. The van der Waals surface area contributed by atoms with Crippen molar-refractivity contribution in [2.75, 3.05) is 39.4 Å². The number of benzene rings is 2. The predicted molar refractivity (Wildman–Crippen MR) is 110 cm³/mol. The highest BCUT2D eigenvalue weighted by atomic mass is 19.1. The van der Waals surface area contributed by atoms with Crippen LogP contribution in [0, 0.1) is 5.82 Å². The van der Waals surface area contributed by atoms with E-state index in [1.165, 1.54) is 24.3 Å². The van der Waals surface area contributed by atoms with Crippen molar-refractivity contribution in [1.82, 2.24) is 15.5 Å². The molecule has 31 heavy (non-hydrogen) atoms.